The van der Waals surface area contributed by atoms with Crippen LogP contribution >= 0.6 is 0 Å². The average molecular weight is 311 g/mol. The molecule has 0 saturated carbocycles. The quantitative estimate of drug-likeness (QED) is 0.739. The summed E-state index contributed by atoms with van der Waals surface area (Å²) in [4.78, 5) is 23.2. The molecule has 3 aromatic heterocycles. The Kier molecular flexibility index (Phi) is 4.29. The molecule has 2 N–H and O–H groups in total. The largest absolute Gasteiger partial charge is 0.394 e. The van der Waals surface area contributed by atoms with Crippen molar-refractivity contribution in [3.8, 4) is 22.9 Å². The van der Waals surface area contributed by atoms with E-state index in [-0.39, 0.29) is 12.2 Å². The van der Waals surface area contributed by atoms with E-state index in [0.29, 0.717) is 30.3 Å². The molecular weight excluding hydrogens is 294 g/mol. The molecule has 0 unspecified atom stereocenters. The third-order valence-corrected chi connectivity index (χ3v) is 3.47. The standard InChI is InChI=1S/C16H17N5O2/c1-2-12-11(6-7-14(23)18-12)16-19-15(20-21(16)9-10-22)13-5-3-4-8-17-13/h3-8,22H,2,9-10H2,1H3,(H,18,23). The van der Waals surface area contributed by atoms with Gasteiger partial charge in [-0.15, -0.1) is 5.10 Å². The summed E-state index contributed by atoms with van der Waals surface area (Å²) in [7, 11) is 0. The van der Waals surface area contributed by atoms with Crippen LogP contribution in [0.5, 0.6) is 0 Å². The predicted octanol–water partition coefficient (Wildman–Crippen LogP) is 1.25. The maximum Gasteiger partial charge on any atom is 0.248 e. The number of rotatable bonds is 5. The van der Waals surface area contributed by atoms with Gasteiger partial charge in [-0.1, -0.05) is 13.0 Å². The van der Waals surface area contributed by atoms with Crippen molar-refractivity contribution < 1.29 is 5.11 Å². The molecule has 0 spiro atoms. The van der Waals surface area contributed by atoms with Gasteiger partial charge in [-0.2, -0.15) is 0 Å². The van der Waals surface area contributed by atoms with E-state index in [1.165, 1.54) is 6.07 Å². The molecule has 7 nitrogen and oxygen atoms in total. The summed E-state index contributed by atoms with van der Waals surface area (Å²) in [6, 6.07) is 8.72. The van der Waals surface area contributed by atoms with Crippen LogP contribution in [0.3, 0.4) is 0 Å². The van der Waals surface area contributed by atoms with Gasteiger partial charge in [0.15, 0.2) is 11.6 Å². The van der Waals surface area contributed by atoms with Gasteiger partial charge in [-0.25, -0.2) is 9.67 Å². The van der Waals surface area contributed by atoms with Crippen LogP contribution in [0.15, 0.2) is 41.3 Å². The van der Waals surface area contributed by atoms with E-state index in [9.17, 15) is 9.90 Å². The van der Waals surface area contributed by atoms with Crippen LogP contribution in [0.1, 0.15) is 12.6 Å². The van der Waals surface area contributed by atoms with Crippen LogP contribution in [0.25, 0.3) is 22.9 Å². The molecule has 3 rings (SSSR count). The molecule has 0 amide bonds. The van der Waals surface area contributed by atoms with E-state index >= 15 is 0 Å². The summed E-state index contributed by atoms with van der Waals surface area (Å²) < 4.78 is 1.64. The zero-order valence-corrected chi connectivity index (χ0v) is 12.7. The summed E-state index contributed by atoms with van der Waals surface area (Å²) in [5.74, 6) is 1.09. The fraction of sp³-hybridized carbons (Fsp3) is 0.250. The normalized spacial score (nSPS) is 10.9. The van der Waals surface area contributed by atoms with Crippen LogP contribution in [0.2, 0.25) is 0 Å². The Bertz CT molecular complexity index is 854. The van der Waals surface area contributed by atoms with Gasteiger partial charge in [0.05, 0.1) is 13.2 Å². The number of aryl methyl sites for hydroxylation is 1. The highest BCUT2D eigenvalue weighted by Gasteiger charge is 2.16. The number of pyridine rings is 2. The smallest absolute Gasteiger partial charge is 0.248 e. The lowest BCUT2D eigenvalue weighted by molar-refractivity contribution is 0.270. The monoisotopic (exact) mass is 311 g/mol. The van der Waals surface area contributed by atoms with E-state index in [1.54, 1.807) is 16.9 Å². The van der Waals surface area contributed by atoms with Crippen molar-refractivity contribution in [3.05, 3.63) is 52.6 Å². The van der Waals surface area contributed by atoms with Crippen molar-refractivity contribution in [1.29, 1.82) is 0 Å². The molecule has 0 aliphatic carbocycles. The molecule has 0 radical (unpaired) electrons. The Morgan fingerprint density at radius 3 is 2.83 bits per heavy atom. The van der Waals surface area contributed by atoms with Gasteiger partial charge >= 0.3 is 0 Å². The highest BCUT2D eigenvalue weighted by atomic mass is 16.3. The third kappa shape index (κ3) is 3.04. The summed E-state index contributed by atoms with van der Waals surface area (Å²) in [6.45, 7) is 2.22. The van der Waals surface area contributed by atoms with E-state index in [1.807, 2.05) is 25.1 Å². The molecule has 0 bridgehead atoms. The minimum Gasteiger partial charge on any atom is -0.394 e. The maximum atomic E-state index is 11.5. The molecule has 7 heteroatoms. The maximum absolute atomic E-state index is 11.5. The molecule has 0 aromatic carbocycles. The van der Waals surface area contributed by atoms with Crippen molar-refractivity contribution in [2.75, 3.05) is 6.61 Å². The van der Waals surface area contributed by atoms with Crippen LogP contribution in [0, 0.1) is 0 Å². The minimum atomic E-state index is -0.149. The molecule has 23 heavy (non-hydrogen) atoms. The minimum absolute atomic E-state index is 0.0527. The number of hydrogen-bond acceptors (Lipinski definition) is 5. The van der Waals surface area contributed by atoms with E-state index < -0.39 is 0 Å². The summed E-state index contributed by atoms with van der Waals surface area (Å²) in [5.41, 5.74) is 2.10. The van der Waals surface area contributed by atoms with Crippen LogP contribution in [0.4, 0.5) is 0 Å². The van der Waals surface area contributed by atoms with Gasteiger partial charge in [0.1, 0.15) is 5.69 Å². The second-order valence-electron chi connectivity index (χ2n) is 4.99. The van der Waals surface area contributed by atoms with Gasteiger partial charge in [-0.3, -0.25) is 9.78 Å². The van der Waals surface area contributed by atoms with Gasteiger partial charge in [0.25, 0.3) is 0 Å². The molecule has 3 heterocycles. The van der Waals surface area contributed by atoms with E-state index in [4.69, 9.17) is 0 Å². The van der Waals surface area contributed by atoms with E-state index in [2.05, 4.69) is 20.1 Å². The van der Waals surface area contributed by atoms with Gasteiger partial charge in [-0.05, 0) is 24.6 Å². The molecule has 0 saturated heterocycles. The molecule has 0 aliphatic rings. The zero-order valence-electron chi connectivity index (χ0n) is 12.7. The number of aliphatic hydroxyl groups excluding tert-OH is 1. The lowest BCUT2D eigenvalue weighted by atomic mass is 10.1. The number of nitrogens with one attached hydrogen (secondary N) is 1. The topological polar surface area (TPSA) is 96.7 Å². The van der Waals surface area contributed by atoms with Crippen molar-refractivity contribution in [2.45, 2.75) is 19.9 Å². The van der Waals surface area contributed by atoms with Crippen molar-refractivity contribution in [3.63, 3.8) is 0 Å². The fourth-order valence-electron chi connectivity index (χ4n) is 2.40. The van der Waals surface area contributed by atoms with Gasteiger partial charge in [0, 0.05) is 23.5 Å². The molecule has 3 aromatic rings. The lowest BCUT2D eigenvalue weighted by Crippen LogP contribution is -2.11. The molecular formula is C16H17N5O2. The van der Waals surface area contributed by atoms with Crippen LogP contribution in [-0.2, 0) is 13.0 Å². The van der Waals surface area contributed by atoms with E-state index in [0.717, 1.165) is 11.3 Å². The average Bonchev–Trinajstić information content (AvgIpc) is 2.99. The number of nitrogens with zero attached hydrogens (tertiary/aromatic N) is 4. The first-order valence-corrected chi connectivity index (χ1v) is 7.42. The summed E-state index contributed by atoms with van der Waals surface area (Å²) in [5, 5.41) is 13.7. The van der Waals surface area contributed by atoms with Gasteiger partial charge in [0.2, 0.25) is 5.56 Å². The second-order valence-corrected chi connectivity index (χ2v) is 4.99. The SMILES string of the molecule is CCc1[nH]c(=O)ccc1-c1nc(-c2ccccn2)nn1CCO. The number of aromatic amines is 1. The first-order valence-electron chi connectivity index (χ1n) is 7.42. The predicted molar refractivity (Wildman–Crippen MR) is 85.8 cm³/mol. The molecule has 0 aliphatic heterocycles. The number of hydrogen-bond donors (Lipinski definition) is 2. The van der Waals surface area contributed by atoms with Crippen LogP contribution < -0.4 is 5.56 Å². The number of H-pyrrole nitrogens is 1. The van der Waals surface area contributed by atoms with Crippen molar-refractivity contribution in [2.24, 2.45) is 0 Å². The second kappa shape index (κ2) is 6.53. The van der Waals surface area contributed by atoms with Crippen molar-refractivity contribution in [1.82, 2.24) is 24.7 Å². The Labute approximate surface area is 132 Å². The Morgan fingerprint density at radius 1 is 1.26 bits per heavy atom. The number of aromatic nitrogens is 5. The zero-order chi connectivity index (χ0) is 16.2. The highest BCUT2D eigenvalue weighted by molar-refractivity contribution is 5.61. The summed E-state index contributed by atoms with van der Waals surface area (Å²) >= 11 is 0. The molecule has 118 valence electrons. The third-order valence-electron chi connectivity index (χ3n) is 3.47. The van der Waals surface area contributed by atoms with Gasteiger partial charge < -0.3 is 10.1 Å². The Hall–Kier alpha value is -2.80. The summed E-state index contributed by atoms with van der Waals surface area (Å²) in [6.07, 6.45) is 2.34. The Balaban J connectivity index is 2.15. The number of aliphatic hydroxyl groups is 1. The highest BCUT2D eigenvalue weighted by Crippen LogP contribution is 2.23. The fourth-order valence-corrected chi connectivity index (χ4v) is 2.40. The first kappa shape index (κ1) is 15.1. The van der Waals surface area contributed by atoms with Crippen molar-refractivity contribution >= 4 is 0 Å². The molecule has 0 atom stereocenters. The molecule has 0 fully saturated rings. The first-order chi connectivity index (χ1) is 11.2. The van der Waals surface area contributed by atoms with Crippen LogP contribution in [-0.4, -0.2) is 36.4 Å². The lowest BCUT2D eigenvalue weighted by Gasteiger charge is -2.07. The Morgan fingerprint density at radius 2 is 2.13 bits per heavy atom.